The van der Waals surface area contributed by atoms with Gasteiger partial charge in [-0.2, -0.15) is 0 Å². The Balaban J connectivity index is 1.33. The zero-order valence-electron chi connectivity index (χ0n) is 16.6. The van der Waals surface area contributed by atoms with Gasteiger partial charge in [0.1, 0.15) is 13.2 Å². The first-order valence-electron chi connectivity index (χ1n) is 10.3. The quantitative estimate of drug-likeness (QED) is 0.626. The highest BCUT2D eigenvalue weighted by Crippen LogP contribution is 2.32. The minimum atomic E-state index is -0.128. The van der Waals surface area contributed by atoms with Crippen LogP contribution >= 0.6 is 0 Å². The van der Waals surface area contributed by atoms with E-state index in [1.807, 2.05) is 25.1 Å². The maximum Gasteiger partial charge on any atom is 0.315 e. The fourth-order valence-corrected chi connectivity index (χ4v) is 3.66. The lowest BCUT2D eigenvalue weighted by molar-refractivity contribution is -0.121. The van der Waals surface area contributed by atoms with Gasteiger partial charge in [-0.1, -0.05) is 25.3 Å². The number of urea groups is 1. The lowest BCUT2D eigenvalue weighted by atomic mass is 9.96. The van der Waals surface area contributed by atoms with Crippen molar-refractivity contribution in [1.82, 2.24) is 16.0 Å². The molecule has 28 heavy (non-hydrogen) atoms. The van der Waals surface area contributed by atoms with E-state index in [0.717, 1.165) is 29.9 Å². The molecule has 3 amide bonds. The largest absolute Gasteiger partial charge is 0.486 e. The van der Waals surface area contributed by atoms with Crippen molar-refractivity contribution in [1.29, 1.82) is 0 Å². The smallest absolute Gasteiger partial charge is 0.315 e. The second kappa shape index (κ2) is 10.2. The minimum Gasteiger partial charge on any atom is -0.486 e. The van der Waals surface area contributed by atoms with Crippen LogP contribution in [-0.2, 0) is 4.79 Å². The highest BCUT2D eigenvalue weighted by atomic mass is 16.6. The number of fused-ring (bicyclic) bond motifs is 1. The van der Waals surface area contributed by atoms with Gasteiger partial charge >= 0.3 is 6.03 Å². The number of carbonyl (C=O) groups excluding carboxylic acids is 2. The van der Waals surface area contributed by atoms with Crippen molar-refractivity contribution in [3.63, 3.8) is 0 Å². The first-order valence-corrected chi connectivity index (χ1v) is 10.3. The maximum atomic E-state index is 12.2. The van der Waals surface area contributed by atoms with Crippen LogP contribution in [0.2, 0.25) is 0 Å². The van der Waals surface area contributed by atoms with E-state index in [4.69, 9.17) is 9.47 Å². The Bertz CT molecular complexity index is 674. The first-order chi connectivity index (χ1) is 13.6. The Morgan fingerprint density at radius 3 is 2.64 bits per heavy atom. The predicted molar refractivity (Wildman–Crippen MR) is 107 cm³/mol. The van der Waals surface area contributed by atoms with E-state index >= 15 is 0 Å². The van der Waals surface area contributed by atoms with E-state index < -0.39 is 0 Å². The Labute approximate surface area is 166 Å². The SMILES string of the molecule is CC(NC(=O)CCCNC(=O)NC1CCCCC1)c1ccc2c(c1)OCCO2. The summed E-state index contributed by atoms with van der Waals surface area (Å²) in [5.74, 6) is 1.43. The van der Waals surface area contributed by atoms with Crippen molar-refractivity contribution in [2.24, 2.45) is 0 Å². The number of carbonyl (C=O) groups is 2. The number of amides is 3. The van der Waals surface area contributed by atoms with E-state index in [1.165, 1.54) is 19.3 Å². The summed E-state index contributed by atoms with van der Waals surface area (Å²) in [4.78, 5) is 24.1. The van der Waals surface area contributed by atoms with E-state index in [9.17, 15) is 9.59 Å². The van der Waals surface area contributed by atoms with Crippen molar-refractivity contribution >= 4 is 11.9 Å². The second-order valence-electron chi connectivity index (χ2n) is 7.53. The average molecular weight is 389 g/mol. The standard InChI is InChI=1S/C21H31N3O4/c1-15(16-9-10-18-19(14-16)28-13-12-27-18)23-20(25)8-5-11-22-21(26)24-17-6-3-2-4-7-17/h9-10,14-15,17H,2-8,11-13H2,1H3,(H,23,25)(H2,22,24,26). The van der Waals surface area contributed by atoms with Crippen LogP contribution in [0.5, 0.6) is 11.5 Å². The molecule has 0 saturated heterocycles. The van der Waals surface area contributed by atoms with Gasteiger partial charge in [-0.25, -0.2) is 4.79 Å². The van der Waals surface area contributed by atoms with Gasteiger partial charge in [0.25, 0.3) is 0 Å². The van der Waals surface area contributed by atoms with Crippen LogP contribution in [0, 0.1) is 0 Å². The number of nitrogens with one attached hydrogen (secondary N) is 3. The second-order valence-corrected chi connectivity index (χ2v) is 7.53. The van der Waals surface area contributed by atoms with Gasteiger partial charge in [-0.05, 0) is 43.9 Å². The summed E-state index contributed by atoms with van der Waals surface area (Å²) in [5, 5.41) is 8.85. The first kappa shape index (κ1) is 20.3. The summed E-state index contributed by atoms with van der Waals surface area (Å²) in [6.45, 7) is 3.54. The molecule has 0 bridgehead atoms. The summed E-state index contributed by atoms with van der Waals surface area (Å²) < 4.78 is 11.1. The molecular weight excluding hydrogens is 358 g/mol. The molecule has 154 valence electrons. The number of ether oxygens (including phenoxy) is 2. The normalized spacial score (nSPS) is 17.5. The van der Waals surface area contributed by atoms with Crippen molar-refractivity contribution in [3.05, 3.63) is 23.8 Å². The van der Waals surface area contributed by atoms with E-state index in [0.29, 0.717) is 38.6 Å². The van der Waals surface area contributed by atoms with Crippen LogP contribution < -0.4 is 25.4 Å². The van der Waals surface area contributed by atoms with Crippen LogP contribution in [0.3, 0.4) is 0 Å². The summed E-state index contributed by atoms with van der Waals surface area (Å²) in [5.41, 5.74) is 0.975. The van der Waals surface area contributed by atoms with Gasteiger partial charge in [0.2, 0.25) is 5.91 Å². The third-order valence-electron chi connectivity index (χ3n) is 5.25. The molecule has 3 rings (SSSR count). The molecule has 1 aliphatic carbocycles. The molecule has 1 saturated carbocycles. The molecule has 1 atom stereocenters. The highest BCUT2D eigenvalue weighted by molar-refractivity contribution is 5.77. The predicted octanol–water partition coefficient (Wildman–Crippen LogP) is 3.05. The zero-order valence-corrected chi connectivity index (χ0v) is 16.6. The molecular formula is C21H31N3O4. The topological polar surface area (TPSA) is 88.7 Å². The van der Waals surface area contributed by atoms with Gasteiger partial charge in [0.05, 0.1) is 6.04 Å². The summed E-state index contributed by atoms with van der Waals surface area (Å²) in [6, 6.07) is 5.78. The molecule has 2 aliphatic rings. The molecule has 1 fully saturated rings. The molecule has 7 nitrogen and oxygen atoms in total. The van der Waals surface area contributed by atoms with Crippen LogP contribution in [0.4, 0.5) is 4.79 Å². The molecule has 7 heteroatoms. The van der Waals surface area contributed by atoms with Crippen LogP contribution in [0.25, 0.3) is 0 Å². The zero-order chi connectivity index (χ0) is 19.8. The average Bonchev–Trinajstić information content (AvgIpc) is 2.71. The highest BCUT2D eigenvalue weighted by Gasteiger charge is 2.17. The third kappa shape index (κ3) is 6.04. The van der Waals surface area contributed by atoms with Crippen molar-refractivity contribution in [2.45, 2.75) is 64.0 Å². The fraction of sp³-hybridized carbons (Fsp3) is 0.619. The fourth-order valence-electron chi connectivity index (χ4n) is 3.66. The van der Waals surface area contributed by atoms with Gasteiger partial charge in [0.15, 0.2) is 11.5 Å². The Kier molecular flexibility index (Phi) is 7.39. The van der Waals surface area contributed by atoms with Crippen LogP contribution in [0.15, 0.2) is 18.2 Å². The van der Waals surface area contributed by atoms with Crippen molar-refractivity contribution in [3.8, 4) is 11.5 Å². The summed E-state index contributed by atoms with van der Waals surface area (Å²) in [6.07, 6.45) is 6.75. The Hall–Kier alpha value is -2.44. The van der Waals surface area contributed by atoms with Crippen molar-refractivity contribution in [2.75, 3.05) is 19.8 Å². The molecule has 3 N–H and O–H groups in total. The molecule has 1 aromatic carbocycles. The van der Waals surface area contributed by atoms with Gasteiger partial charge in [-0.15, -0.1) is 0 Å². The molecule has 0 aromatic heterocycles. The molecule has 1 heterocycles. The van der Waals surface area contributed by atoms with Crippen LogP contribution in [-0.4, -0.2) is 37.7 Å². The van der Waals surface area contributed by atoms with E-state index in [1.54, 1.807) is 0 Å². The minimum absolute atomic E-state index is 0.0307. The number of hydrogen-bond donors (Lipinski definition) is 3. The number of benzene rings is 1. The maximum absolute atomic E-state index is 12.2. The lowest BCUT2D eigenvalue weighted by Gasteiger charge is -2.22. The summed E-state index contributed by atoms with van der Waals surface area (Å²) >= 11 is 0. The lowest BCUT2D eigenvalue weighted by Crippen LogP contribution is -2.43. The molecule has 0 spiro atoms. The number of hydrogen-bond acceptors (Lipinski definition) is 4. The summed E-state index contributed by atoms with van der Waals surface area (Å²) in [7, 11) is 0. The molecule has 1 aliphatic heterocycles. The van der Waals surface area contributed by atoms with E-state index in [-0.39, 0.29) is 18.0 Å². The van der Waals surface area contributed by atoms with Crippen LogP contribution in [0.1, 0.15) is 63.5 Å². The van der Waals surface area contributed by atoms with Crippen molar-refractivity contribution < 1.29 is 19.1 Å². The van der Waals surface area contributed by atoms with Gasteiger partial charge in [0, 0.05) is 19.0 Å². The molecule has 1 unspecified atom stereocenters. The van der Waals surface area contributed by atoms with E-state index in [2.05, 4.69) is 16.0 Å². The number of rotatable bonds is 7. The monoisotopic (exact) mass is 389 g/mol. The Morgan fingerprint density at radius 2 is 1.86 bits per heavy atom. The Morgan fingerprint density at radius 1 is 1.11 bits per heavy atom. The van der Waals surface area contributed by atoms with Gasteiger partial charge < -0.3 is 25.4 Å². The molecule has 1 aromatic rings. The third-order valence-corrected chi connectivity index (χ3v) is 5.25. The molecule has 0 radical (unpaired) electrons. The van der Waals surface area contributed by atoms with Gasteiger partial charge in [-0.3, -0.25) is 4.79 Å².